The summed E-state index contributed by atoms with van der Waals surface area (Å²) in [4.78, 5) is 31.1. The van der Waals surface area contributed by atoms with Crippen molar-refractivity contribution in [1.82, 2.24) is 15.5 Å². The van der Waals surface area contributed by atoms with Gasteiger partial charge in [-0.15, -0.1) is 0 Å². The minimum Gasteiger partial charge on any atom is -0.356 e. The van der Waals surface area contributed by atoms with E-state index in [0.29, 0.717) is 25.6 Å². The van der Waals surface area contributed by atoms with Crippen LogP contribution in [0.1, 0.15) is 24.8 Å². The van der Waals surface area contributed by atoms with Gasteiger partial charge in [0.05, 0.1) is 11.8 Å². The second kappa shape index (κ2) is 7.22. The van der Waals surface area contributed by atoms with Crippen LogP contribution in [-0.2, 0) is 15.0 Å². The van der Waals surface area contributed by atoms with E-state index in [1.54, 1.807) is 13.1 Å². The maximum Gasteiger partial charge on any atom is 0.233 e. The van der Waals surface area contributed by atoms with Crippen LogP contribution in [0.25, 0.3) is 0 Å². The Balaban J connectivity index is 1.14. The molecule has 1 aromatic rings. The van der Waals surface area contributed by atoms with E-state index in [4.69, 9.17) is 0 Å². The number of hydrogen-bond acceptors (Lipinski definition) is 3. The van der Waals surface area contributed by atoms with E-state index in [9.17, 15) is 14.0 Å². The number of imide groups is 1. The lowest BCUT2D eigenvalue weighted by Crippen LogP contribution is -2.45. The van der Waals surface area contributed by atoms with E-state index in [1.165, 1.54) is 11.0 Å². The molecule has 2 amide bonds. The number of nitrogens with one attached hydrogen (secondary N) is 2. The van der Waals surface area contributed by atoms with Crippen LogP contribution in [0.15, 0.2) is 41.4 Å². The molecular weight excluding hydrogens is 383 g/mol. The molecule has 0 spiro atoms. The Bertz CT molecular complexity index is 909. The summed E-state index contributed by atoms with van der Waals surface area (Å²) in [5, 5.41) is 6.47. The van der Waals surface area contributed by atoms with Crippen molar-refractivity contribution in [3.05, 3.63) is 47.8 Å². The van der Waals surface area contributed by atoms with Crippen molar-refractivity contribution in [2.24, 2.45) is 28.7 Å². The van der Waals surface area contributed by atoms with Crippen LogP contribution >= 0.6 is 0 Å². The summed E-state index contributed by atoms with van der Waals surface area (Å²) in [7, 11) is 1.68. The van der Waals surface area contributed by atoms with Gasteiger partial charge in [-0.25, -0.2) is 4.39 Å². The lowest BCUT2D eigenvalue weighted by Gasteiger charge is -2.21. The summed E-state index contributed by atoms with van der Waals surface area (Å²) in [6.07, 6.45) is 7.03. The van der Waals surface area contributed by atoms with E-state index < -0.39 is 0 Å². The molecule has 1 heterocycles. The summed E-state index contributed by atoms with van der Waals surface area (Å²) in [6, 6.07) is 6.93. The number of allylic oxidation sites excluding steroid dienone is 2. The molecule has 30 heavy (non-hydrogen) atoms. The first-order valence-electron chi connectivity index (χ1n) is 10.8. The monoisotopic (exact) mass is 410 g/mol. The third-order valence-corrected chi connectivity index (χ3v) is 7.31. The molecule has 7 heteroatoms. The number of likely N-dealkylation sites (tertiary alicyclic amines) is 1. The quantitative estimate of drug-likeness (QED) is 0.325. The van der Waals surface area contributed by atoms with E-state index >= 15 is 0 Å². The van der Waals surface area contributed by atoms with Crippen LogP contribution in [0.5, 0.6) is 0 Å². The van der Waals surface area contributed by atoms with Gasteiger partial charge in [0, 0.05) is 32.1 Å². The fourth-order valence-electron chi connectivity index (χ4n) is 5.53. The van der Waals surface area contributed by atoms with Crippen molar-refractivity contribution < 1.29 is 14.0 Å². The second-order valence-electron chi connectivity index (χ2n) is 8.94. The zero-order chi connectivity index (χ0) is 20.9. The highest BCUT2D eigenvalue weighted by molar-refractivity contribution is 6.06. The first-order valence-corrected chi connectivity index (χ1v) is 10.8. The van der Waals surface area contributed by atoms with Gasteiger partial charge < -0.3 is 10.6 Å². The van der Waals surface area contributed by atoms with Crippen molar-refractivity contribution in [1.29, 1.82) is 0 Å². The van der Waals surface area contributed by atoms with Crippen LogP contribution in [0.3, 0.4) is 0 Å². The number of guanidine groups is 1. The normalized spacial score (nSPS) is 30.7. The molecule has 2 bridgehead atoms. The third-order valence-electron chi connectivity index (χ3n) is 7.31. The highest BCUT2D eigenvalue weighted by Gasteiger charge is 2.59. The van der Waals surface area contributed by atoms with Gasteiger partial charge in [-0.2, -0.15) is 0 Å². The molecule has 2 saturated carbocycles. The van der Waals surface area contributed by atoms with Crippen LogP contribution in [-0.4, -0.2) is 49.4 Å². The molecule has 6 nitrogen and oxygen atoms in total. The molecule has 158 valence electrons. The van der Waals surface area contributed by atoms with E-state index in [2.05, 4.69) is 27.8 Å². The predicted octanol–water partition coefficient (Wildman–Crippen LogP) is 1.83. The lowest BCUT2D eigenvalue weighted by molar-refractivity contribution is -0.140. The SMILES string of the molecule is CN=C(NCCN1C(=O)C2C3C=CC(C3)C2C1=O)NCC1(c2ccccc2F)CC1. The fraction of sp³-hybridized carbons (Fsp3) is 0.522. The Morgan fingerprint density at radius 3 is 2.40 bits per heavy atom. The summed E-state index contributed by atoms with van der Waals surface area (Å²) < 4.78 is 14.2. The van der Waals surface area contributed by atoms with Crippen molar-refractivity contribution >= 4 is 17.8 Å². The largest absolute Gasteiger partial charge is 0.356 e. The number of carbonyl (C=O) groups excluding carboxylic acids is 2. The molecule has 0 radical (unpaired) electrons. The van der Waals surface area contributed by atoms with Gasteiger partial charge in [0.25, 0.3) is 0 Å². The average Bonchev–Trinajstić information content (AvgIpc) is 3.12. The number of nitrogens with zero attached hydrogens (tertiary/aromatic N) is 2. The Hall–Kier alpha value is -2.70. The number of fused-ring (bicyclic) bond motifs is 5. The van der Waals surface area contributed by atoms with Gasteiger partial charge in [-0.05, 0) is 42.7 Å². The highest BCUT2D eigenvalue weighted by Crippen LogP contribution is 2.52. The first kappa shape index (κ1) is 19.3. The topological polar surface area (TPSA) is 73.8 Å². The van der Waals surface area contributed by atoms with Crippen LogP contribution < -0.4 is 10.6 Å². The molecule has 4 unspecified atom stereocenters. The molecular formula is C23H27FN4O2. The smallest absolute Gasteiger partial charge is 0.233 e. The maximum absolute atomic E-state index is 14.2. The minimum absolute atomic E-state index is 0.0249. The summed E-state index contributed by atoms with van der Waals surface area (Å²) >= 11 is 0. The molecule has 4 atom stereocenters. The summed E-state index contributed by atoms with van der Waals surface area (Å²) in [5.74, 6) is 0.541. The molecule has 0 aromatic heterocycles. The number of benzene rings is 1. The second-order valence-corrected chi connectivity index (χ2v) is 8.94. The van der Waals surface area contributed by atoms with E-state index in [1.807, 2.05) is 12.1 Å². The lowest BCUT2D eigenvalue weighted by atomic mass is 9.85. The van der Waals surface area contributed by atoms with E-state index in [-0.39, 0.29) is 46.7 Å². The number of amides is 2. The molecule has 1 aromatic carbocycles. The molecule has 2 N–H and O–H groups in total. The Labute approximate surface area is 175 Å². The van der Waals surface area contributed by atoms with Crippen LogP contribution in [0, 0.1) is 29.5 Å². The number of carbonyl (C=O) groups is 2. The zero-order valence-corrected chi connectivity index (χ0v) is 17.1. The number of rotatable bonds is 6. The fourth-order valence-corrected chi connectivity index (χ4v) is 5.53. The van der Waals surface area contributed by atoms with Crippen molar-refractivity contribution in [3.63, 3.8) is 0 Å². The highest BCUT2D eigenvalue weighted by atomic mass is 19.1. The Kier molecular flexibility index (Phi) is 4.64. The van der Waals surface area contributed by atoms with Crippen molar-refractivity contribution in [2.45, 2.75) is 24.7 Å². The minimum atomic E-state index is -0.187. The van der Waals surface area contributed by atoms with Gasteiger partial charge in [0.15, 0.2) is 5.96 Å². The molecule has 4 aliphatic rings. The van der Waals surface area contributed by atoms with Gasteiger partial charge >= 0.3 is 0 Å². The summed E-state index contributed by atoms with van der Waals surface area (Å²) in [6.45, 7) is 1.36. The van der Waals surface area contributed by atoms with Gasteiger partial charge in [0.2, 0.25) is 11.8 Å². The molecule has 3 fully saturated rings. The van der Waals surface area contributed by atoms with Crippen molar-refractivity contribution in [2.75, 3.05) is 26.7 Å². The van der Waals surface area contributed by atoms with Gasteiger partial charge in [-0.1, -0.05) is 30.4 Å². The molecule has 1 aliphatic heterocycles. The molecule has 3 aliphatic carbocycles. The third kappa shape index (κ3) is 3.02. The van der Waals surface area contributed by atoms with Gasteiger partial charge in [0.1, 0.15) is 5.82 Å². The standard InChI is InChI=1S/C23H27FN4O2/c1-25-22(27-13-23(8-9-23)16-4-2-3-5-17(16)24)26-10-11-28-20(29)18-14-6-7-15(12-14)19(18)21(28)30/h2-7,14-15,18-19H,8-13H2,1H3,(H2,25,26,27). The van der Waals surface area contributed by atoms with Crippen molar-refractivity contribution in [3.8, 4) is 0 Å². The molecule has 5 rings (SSSR count). The number of aliphatic imine (C=N–C) groups is 1. The van der Waals surface area contributed by atoms with Crippen LogP contribution in [0.4, 0.5) is 4.39 Å². The summed E-state index contributed by atoms with van der Waals surface area (Å²) in [5.41, 5.74) is 0.559. The number of hydrogen-bond donors (Lipinski definition) is 2. The molecule has 1 saturated heterocycles. The van der Waals surface area contributed by atoms with Crippen LogP contribution in [0.2, 0.25) is 0 Å². The zero-order valence-electron chi connectivity index (χ0n) is 17.1. The predicted molar refractivity (Wildman–Crippen MR) is 111 cm³/mol. The number of halogens is 1. The van der Waals surface area contributed by atoms with E-state index in [0.717, 1.165) is 24.8 Å². The first-order chi connectivity index (χ1) is 14.5. The maximum atomic E-state index is 14.2. The Morgan fingerprint density at radius 1 is 1.13 bits per heavy atom. The van der Waals surface area contributed by atoms with Gasteiger partial charge in [-0.3, -0.25) is 19.5 Å². The Morgan fingerprint density at radius 2 is 1.80 bits per heavy atom. The average molecular weight is 410 g/mol.